The highest BCUT2D eigenvalue weighted by atomic mass is 32.2. The van der Waals surface area contributed by atoms with E-state index >= 15 is 0 Å². The highest BCUT2D eigenvalue weighted by Gasteiger charge is 2.28. The van der Waals surface area contributed by atoms with Gasteiger partial charge in [-0.25, -0.2) is 9.59 Å². The summed E-state index contributed by atoms with van der Waals surface area (Å²) in [7, 11) is 0. The molecule has 0 saturated heterocycles. The van der Waals surface area contributed by atoms with Crippen LogP contribution in [0.2, 0.25) is 0 Å². The third kappa shape index (κ3) is 7.81. The van der Waals surface area contributed by atoms with E-state index in [4.69, 9.17) is 9.47 Å². The van der Waals surface area contributed by atoms with Crippen LogP contribution in [0.5, 0.6) is 0 Å². The topological polar surface area (TPSA) is 64.6 Å². The van der Waals surface area contributed by atoms with Gasteiger partial charge >= 0.3 is 12.1 Å². The van der Waals surface area contributed by atoms with Gasteiger partial charge < -0.3 is 14.8 Å². The Bertz CT molecular complexity index is 790. The molecule has 0 aromatic heterocycles. The summed E-state index contributed by atoms with van der Waals surface area (Å²) in [5.74, 6) is -0.502. The van der Waals surface area contributed by atoms with Gasteiger partial charge in [0.1, 0.15) is 17.7 Å². The van der Waals surface area contributed by atoms with Gasteiger partial charge in [0.2, 0.25) is 0 Å². The number of rotatable bonds is 7. The van der Waals surface area contributed by atoms with Crippen molar-refractivity contribution in [1.82, 2.24) is 5.32 Å². The highest BCUT2D eigenvalue weighted by molar-refractivity contribution is 7.99. The van der Waals surface area contributed by atoms with Gasteiger partial charge in [-0.3, -0.25) is 0 Å². The molecular weight excluding hydrogens is 386 g/mol. The molecule has 0 fully saturated rings. The van der Waals surface area contributed by atoms with Crippen molar-refractivity contribution in [3.05, 3.63) is 66.2 Å². The van der Waals surface area contributed by atoms with E-state index in [2.05, 4.69) is 5.32 Å². The normalized spacial score (nSPS) is 14.4. The number of carbonyl (C=O) groups excluding carboxylic acids is 2. The maximum Gasteiger partial charge on any atom is 0.408 e. The number of alkyl carbamates (subject to hydrolysis) is 1. The number of thioether (sulfide) groups is 1. The van der Waals surface area contributed by atoms with Crippen LogP contribution in [-0.4, -0.2) is 29.8 Å². The lowest BCUT2D eigenvalue weighted by Crippen LogP contribution is -2.43. The zero-order valence-corrected chi connectivity index (χ0v) is 18.4. The van der Waals surface area contributed by atoms with Crippen molar-refractivity contribution in [3.63, 3.8) is 0 Å². The number of ether oxygens (including phenoxy) is 2. The van der Waals surface area contributed by atoms with Crippen molar-refractivity contribution >= 4 is 23.8 Å². The van der Waals surface area contributed by atoms with Crippen LogP contribution in [0.4, 0.5) is 4.79 Å². The molecular formula is C23H29NO4S. The van der Waals surface area contributed by atoms with E-state index in [1.807, 2.05) is 67.6 Å². The zero-order valence-electron chi connectivity index (χ0n) is 17.5. The van der Waals surface area contributed by atoms with Crippen molar-refractivity contribution in [1.29, 1.82) is 0 Å². The van der Waals surface area contributed by atoms with E-state index in [1.54, 1.807) is 39.5 Å². The summed E-state index contributed by atoms with van der Waals surface area (Å²) in [5, 5.41) is 2.44. The van der Waals surface area contributed by atoms with Crippen LogP contribution in [0.15, 0.2) is 65.6 Å². The molecule has 0 aliphatic carbocycles. The van der Waals surface area contributed by atoms with Gasteiger partial charge in [0.25, 0.3) is 0 Å². The van der Waals surface area contributed by atoms with Crippen molar-refractivity contribution < 1.29 is 19.1 Å². The summed E-state index contributed by atoms with van der Waals surface area (Å²) in [6.07, 6.45) is -1.05. The Hall–Kier alpha value is -2.47. The largest absolute Gasteiger partial charge is 0.460 e. The molecule has 0 radical (unpaired) electrons. The zero-order chi connectivity index (χ0) is 21.4. The Balaban J connectivity index is 2.05. The molecule has 0 bridgehead atoms. The van der Waals surface area contributed by atoms with Crippen molar-refractivity contribution in [2.24, 2.45) is 0 Å². The number of esters is 1. The minimum atomic E-state index is -0.814. The molecule has 6 heteroatoms. The summed E-state index contributed by atoms with van der Waals surface area (Å²) < 4.78 is 10.9. The average Bonchev–Trinajstić information content (AvgIpc) is 2.65. The van der Waals surface area contributed by atoms with Gasteiger partial charge in [0.05, 0.1) is 5.25 Å². The van der Waals surface area contributed by atoms with Crippen LogP contribution in [0.25, 0.3) is 0 Å². The molecule has 156 valence electrons. The molecule has 2 aromatic rings. The van der Waals surface area contributed by atoms with Crippen LogP contribution < -0.4 is 5.32 Å². The van der Waals surface area contributed by atoms with Crippen LogP contribution in [0.1, 0.15) is 45.4 Å². The van der Waals surface area contributed by atoms with E-state index in [0.717, 1.165) is 10.5 Å². The molecule has 5 nitrogen and oxygen atoms in total. The van der Waals surface area contributed by atoms with E-state index in [1.165, 1.54) is 0 Å². The molecule has 0 aliphatic rings. The lowest BCUT2D eigenvalue weighted by atomic mass is 10.1. The fourth-order valence-corrected chi connectivity index (χ4v) is 3.76. The molecule has 0 heterocycles. The minimum Gasteiger partial charge on any atom is -0.460 e. The van der Waals surface area contributed by atoms with Crippen LogP contribution in [-0.2, 0) is 14.3 Å². The summed E-state index contributed by atoms with van der Waals surface area (Å²) in [5.41, 5.74) is 0.431. The molecule has 3 atom stereocenters. The third-order valence-corrected chi connectivity index (χ3v) is 5.40. The second-order valence-corrected chi connectivity index (χ2v) is 8.99. The molecule has 2 rings (SSSR count). The highest BCUT2D eigenvalue weighted by Crippen LogP contribution is 2.38. The quantitative estimate of drug-likeness (QED) is 0.487. The fourth-order valence-electron chi connectivity index (χ4n) is 2.61. The van der Waals surface area contributed by atoms with Crippen molar-refractivity contribution in [2.75, 3.05) is 0 Å². The SMILES string of the molecule is C[C@H](NC(=O)OC(C)(C)C)C(=O)O[C@@H](C)[C@H](Sc1ccccc1)c1ccccc1. The predicted octanol–water partition coefficient (Wildman–Crippen LogP) is 5.36. The van der Waals surface area contributed by atoms with Crippen LogP contribution in [0.3, 0.4) is 0 Å². The van der Waals surface area contributed by atoms with Gasteiger partial charge in [0, 0.05) is 4.90 Å². The van der Waals surface area contributed by atoms with E-state index < -0.39 is 29.8 Å². The first-order valence-corrected chi connectivity index (χ1v) is 10.5. The molecule has 0 aliphatic heterocycles. The average molecular weight is 416 g/mol. The summed E-state index contributed by atoms with van der Waals surface area (Å²) in [4.78, 5) is 25.5. The van der Waals surface area contributed by atoms with Gasteiger partial charge in [0.15, 0.2) is 0 Å². The third-order valence-electron chi connectivity index (χ3n) is 3.95. The Morgan fingerprint density at radius 1 is 0.931 bits per heavy atom. The van der Waals surface area contributed by atoms with E-state index in [0.29, 0.717) is 0 Å². The smallest absolute Gasteiger partial charge is 0.408 e. The maximum atomic E-state index is 12.5. The number of benzene rings is 2. The Morgan fingerprint density at radius 3 is 2.03 bits per heavy atom. The molecule has 1 N–H and O–H groups in total. The maximum absolute atomic E-state index is 12.5. The number of nitrogens with one attached hydrogen (secondary N) is 1. The lowest BCUT2D eigenvalue weighted by molar-refractivity contribution is -0.150. The van der Waals surface area contributed by atoms with E-state index in [9.17, 15) is 9.59 Å². The Morgan fingerprint density at radius 2 is 1.48 bits per heavy atom. The Kier molecular flexibility index (Phi) is 8.14. The number of hydrogen-bond acceptors (Lipinski definition) is 5. The first-order chi connectivity index (χ1) is 13.7. The minimum absolute atomic E-state index is 0.0868. The monoisotopic (exact) mass is 415 g/mol. The van der Waals surface area contributed by atoms with Gasteiger partial charge in [-0.15, -0.1) is 11.8 Å². The molecule has 0 unspecified atom stereocenters. The Labute approximate surface area is 177 Å². The molecule has 1 amide bonds. The summed E-state index contributed by atoms with van der Waals surface area (Å²) >= 11 is 1.64. The summed E-state index contributed by atoms with van der Waals surface area (Å²) in [6, 6.07) is 19.1. The van der Waals surface area contributed by atoms with Crippen LogP contribution >= 0.6 is 11.8 Å². The lowest BCUT2D eigenvalue weighted by Gasteiger charge is -2.26. The first kappa shape index (κ1) is 22.8. The second kappa shape index (κ2) is 10.3. The van der Waals surface area contributed by atoms with Crippen LogP contribution in [0, 0.1) is 0 Å². The molecule has 2 aromatic carbocycles. The number of hydrogen-bond donors (Lipinski definition) is 1. The van der Waals surface area contributed by atoms with E-state index in [-0.39, 0.29) is 5.25 Å². The van der Waals surface area contributed by atoms with Gasteiger partial charge in [-0.2, -0.15) is 0 Å². The predicted molar refractivity (Wildman–Crippen MR) is 116 cm³/mol. The molecule has 0 spiro atoms. The number of amides is 1. The molecule has 29 heavy (non-hydrogen) atoms. The number of carbonyl (C=O) groups is 2. The second-order valence-electron chi connectivity index (χ2n) is 7.77. The standard InChI is InChI=1S/C23H29NO4S/c1-16(24-22(26)28-23(3,4)5)21(25)27-17(2)20(18-12-8-6-9-13-18)29-19-14-10-7-11-15-19/h6-17,20H,1-5H3,(H,24,26)/t16-,17-,20-/m0/s1. The first-order valence-electron chi connectivity index (χ1n) is 9.62. The fraction of sp³-hybridized carbons (Fsp3) is 0.391. The molecule has 0 saturated carbocycles. The van der Waals surface area contributed by atoms with Crippen molar-refractivity contribution in [3.8, 4) is 0 Å². The van der Waals surface area contributed by atoms with Gasteiger partial charge in [-0.05, 0) is 52.3 Å². The van der Waals surface area contributed by atoms with Gasteiger partial charge in [-0.1, -0.05) is 48.5 Å². The van der Waals surface area contributed by atoms with Crippen molar-refractivity contribution in [2.45, 2.75) is 62.5 Å². The summed E-state index contributed by atoms with van der Waals surface area (Å²) in [6.45, 7) is 8.75.